The first kappa shape index (κ1) is 52.1. The number of benzene rings is 4. The van der Waals surface area contributed by atoms with Crippen LogP contribution in [0.5, 0.6) is 0 Å². The van der Waals surface area contributed by atoms with Crippen LogP contribution in [0.3, 0.4) is 0 Å². The zero-order chi connectivity index (χ0) is 50.3. The molecule has 0 aromatic heterocycles. The Bertz CT molecular complexity index is 2470. The number of amides is 2. The number of alkyl halides is 6. The maximum absolute atomic E-state index is 13.1. The van der Waals surface area contributed by atoms with Crippen LogP contribution < -0.4 is 21.3 Å². The number of amidine groups is 2. The van der Waals surface area contributed by atoms with Crippen molar-refractivity contribution in [3.8, 4) is 0 Å². The van der Waals surface area contributed by atoms with Crippen LogP contribution in [0, 0.1) is 35.3 Å². The van der Waals surface area contributed by atoms with Crippen molar-refractivity contribution in [3.63, 3.8) is 0 Å². The van der Waals surface area contributed by atoms with Gasteiger partial charge < -0.3 is 21.3 Å². The van der Waals surface area contributed by atoms with Gasteiger partial charge in [-0.05, 0) is 157 Å². The second-order valence-electron chi connectivity index (χ2n) is 18.3. The SMILES string of the molecule is C[C@@H]1CC(NC(=O)c2cc(C(F)(F)F)ccc2Cl)CC[C@@H]1CNC1=NCC(c2ccc(F)cc2)=C1.C[C@H]1CC(NC(=O)c2cc(C(F)(F)F)ccc2Cl)CC[C@@H]1CNC1=NCC(c2ccc(F)cc2)=C1. The standard InChI is InChI=1S/2C26H26ClF4N3O/c2*1-15-10-21(34-25(35)22-12-19(26(29,30)31)5-9-23(22)27)8-4-17(15)13-32-24-11-18(14-33-24)16-2-6-20(28)7-3-16/h2*2-3,5-7,9,11-12,15,17,21H,4,8,10,13-14H2,1H3,(H,32,33)(H,34,35)/t15-,17+,21?;15-,17-,21?/m01/s1. The summed E-state index contributed by atoms with van der Waals surface area (Å²) in [6.07, 6.45) is -0.533. The summed E-state index contributed by atoms with van der Waals surface area (Å²) in [6.45, 7) is 6.76. The number of carbonyl (C=O) groups excluding carboxylic acids is 2. The van der Waals surface area contributed by atoms with Gasteiger partial charge in [-0.3, -0.25) is 19.6 Å². The van der Waals surface area contributed by atoms with Gasteiger partial charge in [-0.25, -0.2) is 8.78 Å². The van der Waals surface area contributed by atoms with Gasteiger partial charge in [0.1, 0.15) is 23.3 Å². The van der Waals surface area contributed by atoms with Gasteiger partial charge >= 0.3 is 12.4 Å². The molecule has 4 aliphatic rings. The van der Waals surface area contributed by atoms with Crippen LogP contribution in [0.25, 0.3) is 11.1 Å². The number of nitrogens with zero attached hydrogens (tertiary/aromatic N) is 2. The van der Waals surface area contributed by atoms with E-state index in [0.29, 0.717) is 36.8 Å². The molecule has 0 radical (unpaired) electrons. The van der Waals surface area contributed by atoms with E-state index in [9.17, 15) is 44.7 Å². The van der Waals surface area contributed by atoms with E-state index in [0.717, 1.165) is 122 Å². The van der Waals surface area contributed by atoms with Crippen molar-refractivity contribution in [1.82, 2.24) is 21.3 Å². The largest absolute Gasteiger partial charge is 0.416 e. The summed E-state index contributed by atoms with van der Waals surface area (Å²) in [7, 11) is 0. The topological polar surface area (TPSA) is 107 Å². The average molecular weight is 1020 g/mol. The maximum atomic E-state index is 13.1. The quantitative estimate of drug-likeness (QED) is 0.119. The van der Waals surface area contributed by atoms with Crippen molar-refractivity contribution < 1.29 is 44.7 Å². The molecule has 4 N–H and O–H groups in total. The molecule has 2 aliphatic carbocycles. The average Bonchev–Trinajstić information content (AvgIpc) is 3.99. The first-order valence-corrected chi connectivity index (χ1v) is 23.8. The number of aliphatic imine (C=N–C) groups is 2. The molecule has 8 nitrogen and oxygen atoms in total. The van der Waals surface area contributed by atoms with Crippen LogP contribution in [0.15, 0.2) is 107 Å². The van der Waals surface area contributed by atoms with Crippen molar-refractivity contribution in [3.05, 3.63) is 152 Å². The minimum Gasteiger partial charge on any atom is -0.370 e. The van der Waals surface area contributed by atoms with Crippen LogP contribution in [0.1, 0.15) is 95.3 Å². The summed E-state index contributed by atoms with van der Waals surface area (Å²) in [4.78, 5) is 34.3. The maximum Gasteiger partial charge on any atom is 0.416 e. The molecule has 8 rings (SSSR count). The van der Waals surface area contributed by atoms with Crippen LogP contribution in [-0.4, -0.2) is 61.7 Å². The first-order chi connectivity index (χ1) is 33.2. The highest BCUT2D eigenvalue weighted by atomic mass is 35.5. The monoisotopic (exact) mass is 1010 g/mol. The minimum absolute atomic E-state index is 0.00756. The number of rotatable bonds is 10. The molecule has 2 aliphatic heterocycles. The second-order valence-corrected chi connectivity index (χ2v) is 19.2. The lowest BCUT2D eigenvalue weighted by molar-refractivity contribution is -0.138. The molecule has 372 valence electrons. The van der Waals surface area contributed by atoms with Gasteiger partial charge in [-0.15, -0.1) is 0 Å². The summed E-state index contributed by atoms with van der Waals surface area (Å²) in [5, 5.41) is 12.5. The predicted molar refractivity (Wildman–Crippen MR) is 258 cm³/mol. The van der Waals surface area contributed by atoms with Crippen molar-refractivity contribution in [2.24, 2.45) is 33.7 Å². The van der Waals surface area contributed by atoms with E-state index >= 15 is 0 Å². The molecule has 70 heavy (non-hydrogen) atoms. The van der Waals surface area contributed by atoms with E-state index in [4.69, 9.17) is 23.2 Å². The van der Waals surface area contributed by atoms with Crippen molar-refractivity contribution >= 4 is 57.8 Å². The van der Waals surface area contributed by atoms with Crippen molar-refractivity contribution in [2.45, 2.75) is 76.8 Å². The predicted octanol–water partition coefficient (Wildman–Crippen LogP) is 12.2. The van der Waals surface area contributed by atoms with Crippen LogP contribution in [0.4, 0.5) is 35.1 Å². The van der Waals surface area contributed by atoms with E-state index in [1.807, 2.05) is 12.2 Å². The molecule has 0 bridgehead atoms. The Morgan fingerprint density at radius 3 is 1.29 bits per heavy atom. The van der Waals surface area contributed by atoms with Gasteiger partial charge in [0, 0.05) is 25.2 Å². The Labute approximate surface area is 411 Å². The molecule has 4 aromatic carbocycles. The third kappa shape index (κ3) is 13.8. The molecule has 2 saturated carbocycles. The van der Waals surface area contributed by atoms with E-state index in [1.54, 1.807) is 24.3 Å². The van der Waals surface area contributed by atoms with Crippen molar-refractivity contribution in [1.29, 1.82) is 0 Å². The van der Waals surface area contributed by atoms with Gasteiger partial charge in [-0.1, -0.05) is 61.3 Å². The Morgan fingerprint density at radius 1 is 0.571 bits per heavy atom. The van der Waals surface area contributed by atoms with Crippen LogP contribution in [0.2, 0.25) is 10.0 Å². The van der Waals surface area contributed by atoms with E-state index in [-0.39, 0.29) is 44.9 Å². The van der Waals surface area contributed by atoms with Gasteiger partial charge in [0.25, 0.3) is 11.8 Å². The van der Waals surface area contributed by atoms with Crippen LogP contribution >= 0.6 is 23.2 Å². The number of nitrogens with one attached hydrogen (secondary N) is 4. The molecule has 2 unspecified atom stereocenters. The summed E-state index contributed by atoms with van der Waals surface area (Å²) in [6, 6.07) is 18.0. The molecule has 2 fully saturated rings. The fourth-order valence-electron chi connectivity index (χ4n) is 9.28. The molecular formula is C52H52Cl2F8N6O2. The Morgan fingerprint density at radius 2 is 0.943 bits per heavy atom. The zero-order valence-corrected chi connectivity index (χ0v) is 39.8. The lowest BCUT2D eigenvalue weighted by Crippen LogP contribution is -2.42. The zero-order valence-electron chi connectivity index (χ0n) is 38.3. The Balaban J connectivity index is 0.000000206. The molecule has 4 aromatic rings. The molecular weight excluding hydrogens is 964 g/mol. The minimum atomic E-state index is -4.54. The fraction of sp³-hybridized carbons (Fsp3) is 0.385. The third-order valence-electron chi connectivity index (χ3n) is 13.4. The number of halogens is 10. The van der Waals surface area contributed by atoms with Gasteiger partial charge in [0.2, 0.25) is 0 Å². The first-order valence-electron chi connectivity index (χ1n) is 23.0. The van der Waals surface area contributed by atoms with Gasteiger partial charge in [0.05, 0.1) is 45.4 Å². The second kappa shape index (κ2) is 22.6. The molecule has 2 heterocycles. The van der Waals surface area contributed by atoms with E-state index in [1.165, 1.54) is 24.3 Å². The Kier molecular flexibility index (Phi) is 16.8. The summed E-state index contributed by atoms with van der Waals surface area (Å²) in [5.74, 6) is 1.19. The normalized spacial score (nSPS) is 22.4. The highest BCUT2D eigenvalue weighted by Crippen LogP contribution is 2.35. The number of hydrogen-bond acceptors (Lipinski definition) is 6. The van der Waals surface area contributed by atoms with E-state index in [2.05, 4.69) is 45.1 Å². The molecule has 0 spiro atoms. The number of carbonyl (C=O) groups is 2. The summed E-state index contributed by atoms with van der Waals surface area (Å²) >= 11 is 12.0. The van der Waals surface area contributed by atoms with Crippen molar-refractivity contribution in [2.75, 3.05) is 26.2 Å². The van der Waals surface area contributed by atoms with Gasteiger partial charge in [0.15, 0.2) is 0 Å². The van der Waals surface area contributed by atoms with E-state index < -0.39 is 35.3 Å². The summed E-state index contributed by atoms with van der Waals surface area (Å²) in [5.41, 5.74) is 1.81. The van der Waals surface area contributed by atoms with Gasteiger partial charge in [-0.2, -0.15) is 26.3 Å². The Hall–Kier alpha value is -5.74. The summed E-state index contributed by atoms with van der Waals surface area (Å²) < 4.78 is 104. The molecule has 6 atom stereocenters. The van der Waals surface area contributed by atoms with Crippen LogP contribution in [-0.2, 0) is 12.4 Å². The third-order valence-corrected chi connectivity index (χ3v) is 14.1. The molecule has 0 saturated heterocycles. The molecule has 2 amide bonds. The smallest absolute Gasteiger partial charge is 0.370 e. The lowest BCUT2D eigenvalue weighted by atomic mass is 9.78. The highest BCUT2D eigenvalue weighted by molar-refractivity contribution is 6.34. The lowest BCUT2D eigenvalue weighted by Gasteiger charge is -2.35. The number of hydrogen-bond donors (Lipinski definition) is 4. The highest BCUT2D eigenvalue weighted by Gasteiger charge is 2.35. The fourth-order valence-corrected chi connectivity index (χ4v) is 9.69. The molecule has 18 heteroatoms.